The van der Waals surface area contributed by atoms with E-state index in [1.807, 2.05) is 6.07 Å². The van der Waals surface area contributed by atoms with E-state index in [1.54, 1.807) is 4.90 Å². The molecule has 2 saturated heterocycles. The number of sulfonamides is 1. The van der Waals surface area contributed by atoms with E-state index in [2.05, 4.69) is 43.8 Å². The van der Waals surface area contributed by atoms with Crippen LogP contribution in [0.25, 0.3) is 0 Å². The minimum Gasteiger partial charge on any atom is -0.356 e. The van der Waals surface area contributed by atoms with E-state index in [0.717, 1.165) is 58.7 Å². The fourth-order valence-electron chi connectivity index (χ4n) is 4.18. The zero-order chi connectivity index (χ0) is 21.7. The molecule has 1 aromatic carbocycles. The first-order chi connectivity index (χ1) is 15.0. The Kier molecular flexibility index (Phi) is 7.06. The van der Waals surface area contributed by atoms with E-state index in [1.165, 1.54) is 17.8 Å². The smallest absolute Gasteiger partial charge is 0.270 e. The van der Waals surface area contributed by atoms with Crippen molar-refractivity contribution in [2.75, 3.05) is 52.4 Å². The molecule has 0 radical (unpaired) electrons. The highest BCUT2D eigenvalue weighted by molar-refractivity contribution is 7.89. The monoisotopic (exact) mass is 445 g/mol. The normalized spacial score (nSPS) is 18.5. The number of hydrogen-bond donors (Lipinski definition) is 2. The number of rotatable bonds is 8. The summed E-state index contributed by atoms with van der Waals surface area (Å²) < 4.78 is 27.9. The number of benzene rings is 1. The Morgan fingerprint density at radius 3 is 2.35 bits per heavy atom. The molecular weight excluding hydrogens is 414 g/mol. The average molecular weight is 446 g/mol. The van der Waals surface area contributed by atoms with Crippen molar-refractivity contribution < 1.29 is 13.2 Å². The van der Waals surface area contributed by atoms with Crippen molar-refractivity contribution in [3.63, 3.8) is 0 Å². The number of nitrogens with one attached hydrogen (secondary N) is 2. The van der Waals surface area contributed by atoms with Gasteiger partial charge in [-0.15, -0.1) is 0 Å². The lowest BCUT2D eigenvalue weighted by Crippen LogP contribution is -2.48. The van der Waals surface area contributed by atoms with Gasteiger partial charge in [-0.2, -0.15) is 0 Å². The lowest BCUT2D eigenvalue weighted by molar-refractivity contribution is 0.0787. The predicted molar refractivity (Wildman–Crippen MR) is 119 cm³/mol. The van der Waals surface area contributed by atoms with Crippen LogP contribution in [0, 0.1) is 0 Å². The van der Waals surface area contributed by atoms with E-state index in [9.17, 15) is 13.2 Å². The van der Waals surface area contributed by atoms with E-state index in [4.69, 9.17) is 0 Å². The first-order valence-electron chi connectivity index (χ1n) is 11.0. The molecule has 0 atom stereocenters. The molecule has 2 N–H and O–H groups in total. The standard InChI is InChI=1S/C22H31N5O3S/c28-22(27-9-4-5-10-27)21-16-20(17-23-21)31(29,30)24-8-11-25-12-14-26(15-13-25)18-19-6-2-1-3-7-19/h1-3,6-7,16-17,23-24H,4-5,8-15,18H2. The second-order valence-electron chi connectivity index (χ2n) is 8.25. The number of aromatic amines is 1. The summed E-state index contributed by atoms with van der Waals surface area (Å²) in [5, 5.41) is 0. The molecule has 9 heteroatoms. The van der Waals surface area contributed by atoms with Gasteiger partial charge >= 0.3 is 0 Å². The van der Waals surface area contributed by atoms with Crippen molar-refractivity contribution >= 4 is 15.9 Å². The Labute approximate surface area is 184 Å². The maximum atomic E-state index is 12.6. The van der Waals surface area contributed by atoms with Crippen LogP contribution in [0.5, 0.6) is 0 Å². The van der Waals surface area contributed by atoms with Gasteiger partial charge < -0.3 is 9.88 Å². The molecule has 2 aromatic rings. The molecule has 1 amide bonds. The summed E-state index contributed by atoms with van der Waals surface area (Å²) >= 11 is 0. The van der Waals surface area contributed by atoms with E-state index < -0.39 is 10.0 Å². The van der Waals surface area contributed by atoms with Crippen molar-refractivity contribution in [1.29, 1.82) is 0 Å². The van der Waals surface area contributed by atoms with Crippen molar-refractivity contribution in [2.24, 2.45) is 0 Å². The number of amides is 1. The Morgan fingerprint density at radius 1 is 0.968 bits per heavy atom. The Bertz CT molecular complexity index is 962. The third kappa shape index (κ3) is 5.74. The van der Waals surface area contributed by atoms with Gasteiger partial charge in [-0.05, 0) is 24.5 Å². The summed E-state index contributed by atoms with van der Waals surface area (Å²) in [4.78, 5) is 21.8. The molecule has 2 fully saturated rings. The number of carbonyl (C=O) groups is 1. The van der Waals surface area contributed by atoms with Crippen LogP contribution >= 0.6 is 0 Å². The second kappa shape index (κ2) is 9.95. The lowest BCUT2D eigenvalue weighted by atomic mass is 10.2. The number of likely N-dealkylation sites (tertiary alicyclic amines) is 1. The van der Waals surface area contributed by atoms with Gasteiger partial charge in [-0.25, -0.2) is 13.1 Å². The van der Waals surface area contributed by atoms with Crippen molar-refractivity contribution in [2.45, 2.75) is 24.3 Å². The van der Waals surface area contributed by atoms with Crippen LogP contribution in [0.4, 0.5) is 0 Å². The third-order valence-corrected chi connectivity index (χ3v) is 7.47. The SMILES string of the molecule is O=C(c1cc(S(=O)(=O)NCCN2CCN(Cc3ccccc3)CC2)c[nH]1)N1CCCC1. The molecule has 0 aliphatic carbocycles. The summed E-state index contributed by atoms with van der Waals surface area (Å²) in [7, 11) is -3.64. The summed E-state index contributed by atoms with van der Waals surface area (Å²) in [6.07, 6.45) is 3.40. The second-order valence-corrected chi connectivity index (χ2v) is 10.0. The average Bonchev–Trinajstić information content (AvgIpc) is 3.48. The van der Waals surface area contributed by atoms with Gasteiger partial charge in [0.15, 0.2) is 0 Å². The Balaban J connectivity index is 1.21. The molecule has 168 valence electrons. The van der Waals surface area contributed by atoms with Crippen molar-refractivity contribution in [3.05, 3.63) is 53.9 Å². The molecule has 4 rings (SSSR count). The molecule has 0 bridgehead atoms. The van der Waals surface area contributed by atoms with Crippen molar-refractivity contribution in [1.82, 2.24) is 24.4 Å². The molecule has 8 nitrogen and oxygen atoms in total. The summed E-state index contributed by atoms with van der Waals surface area (Å²) in [5.74, 6) is -0.132. The summed E-state index contributed by atoms with van der Waals surface area (Å²) in [6, 6.07) is 11.9. The quantitative estimate of drug-likeness (QED) is 0.640. The van der Waals surface area contributed by atoms with Crippen molar-refractivity contribution in [3.8, 4) is 0 Å². The first-order valence-corrected chi connectivity index (χ1v) is 12.5. The Morgan fingerprint density at radius 2 is 1.65 bits per heavy atom. The molecule has 2 aliphatic heterocycles. The number of aromatic nitrogens is 1. The maximum Gasteiger partial charge on any atom is 0.270 e. The summed E-state index contributed by atoms with van der Waals surface area (Å²) in [5.41, 5.74) is 1.65. The zero-order valence-electron chi connectivity index (χ0n) is 17.8. The maximum absolute atomic E-state index is 12.6. The number of hydrogen-bond acceptors (Lipinski definition) is 5. The molecule has 2 aliphatic rings. The fourth-order valence-corrected chi connectivity index (χ4v) is 5.19. The highest BCUT2D eigenvalue weighted by atomic mass is 32.2. The van der Waals surface area contributed by atoms with Crippen LogP contribution in [0.3, 0.4) is 0 Å². The van der Waals surface area contributed by atoms with Gasteiger partial charge in [-0.1, -0.05) is 30.3 Å². The summed E-state index contributed by atoms with van der Waals surface area (Å²) in [6.45, 7) is 7.23. The van der Waals surface area contributed by atoms with Gasteiger partial charge in [0.1, 0.15) is 10.6 Å². The largest absolute Gasteiger partial charge is 0.356 e. The van der Waals surface area contributed by atoms with Crippen LogP contribution in [0.2, 0.25) is 0 Å². The molecule has 0 saturated carbocycles. The molecule has 1 aromatic heterocycles. The molecular formula is C22H31N5O3S. The number of H-pyrrole nitrogens is 1. The van der Waals surface area contributed by atoms with Gasteiger partial charge in [0.25, 0.3) is 5.91 Å². The molecule has 0 spiro atoms. The third-order valence-electron chi connectivity index (χ3n) is 6.02. The van der Waals surface area contributed by atoms with Gasteiger partial charge in [0.2, 0.25) is 10.0 Å². The van der Waals surface area contributed by atoms with Crippen LogP contribution < -0.4 is 4.72 Å². The number of nitrogens with zero attached hydrogens (tertiary/aromatic N) is 3. The number of piperazine rings is 1. The van der Waals surface area contributed by atoms with E-state index in [-0.39, 0.29) is 10.8 Å². The highest BCUT2D eigenvalue weighted by Crippen LogP contribution is 2.16. The number of carbonyl (C=O) groups excluding carboxylic acids is 1. The highest BCUT2D eigenvalue weighted by Gasteiger charge is 2.24. The van der Waals surface area contributed by atoms with Crippen LogP contribution in [-0.2, 0) is 16.6 Å². The van der Waals surface area contributed by atoms with Gasteiger partial charge in [0, 0.05) is 65.1 Å². The molecule has 3 heterocycles. The minimum atomic E-state index is -3.64. The van der Waals surface area contributed by atoms with Crippen LogP contribution in [0.15, 0.2) is 47.5 Å². The van der Waals surface area contributed by atoms with Gasteiger partial charge in [0.05, 0.1) is 0 Å². The zero-order valence-corrected chi connectivity index (χ0v) is 18.6. The van der Waals surface area contributed by atoms with E-state index in [0.29, 0.717) is 18.8 Å². The molecule has 0 unspecified atom stereocenters. The van der Waals surface area contributed by atoms with E-state index >= 15 is 0 Å². The van der Waals surface area contributed by atoms with Crippen LogP contribution in [0.1, 0.15) is 28.9 Å². The lowest BCUT2D eigenvalue weighted by Gasteiger charge is -2.34. The van der Waals surface area contributed by atoms with Gasteiger partial charge in [-0.3, -0.25) is 14.6 Å². The molecule has 31 heavy (non-hydrogen) atoms. The minimum absolute atomic E-state index is 0.114. The Hall–Kier alpha value is -2.20. The topological polar surface area (TPSA) is 88.7 Å². The predicted octanol–water partition coefficient (Wildman–Crippen LogP) is 1.35. The van der Waals surface area contributed by atoms with Crippen LogP contribution in [-0.4, -0.2) is 86.4 Å². The first kappa shape index (κ1) is 22.0. The fraction of sp³-hybridized carbons (Fsp3) is 0.500.